The van der Waals surface area contributed by atoms with Gasteiger partial charge in [-0.3, -0.25) is 4.98 Å². The number of nitrogens with two attached hydrogens (primary N) is 1. The van der Waals surface area contributed by atoms with Crippen LogP contribution in [0.5, 0.6) is 0 Å². The normalized spacial score (nSPS) is 11.1. The van der Waals surface area contributed by atoms with Gasteiger partial charge in [-0.05, 0) is 18.6 Å². The van der Waals surface area contributed by atoms with E-state index in [4.69, 9.17) is 5.73 Å². The van der Waals surface area contributed by atoms with Gasteiger partial charge in [-0.25, -0.2) is 4.98 Å². The number of aryl methyl sites for hydroxylation is 1. The zero-order valence-corrected chi connectivity index (χ0v) is 10.2. The highest BCUT2D eigenvalue weighted by molar-refractivity contribution is 7.09. The first-order chi connectivity index (χ1) is 8.25. The van der Waals surface area contributed by atoms with Gasteiger partial charge in [-0.2, -0.15) is 0 Å². The fraction of sp³-hybridized carbons (Fsp3) is 0.167. The van der Waals surface area contributed by atoms with Crippen molar-refractivity contribution < 1.29 is 0 Å². The first-order valence-electron chi connectivity index (χ1n) is 5.34. The van der Waals surface area contributed by atoms with Gasteiger partial charge >= 0.3 is 0 Å². The van der Waals surface area contributed by atoms with E-state index < -0.39 is 0 Å². The number of rotatable bonds is 2. The van der Waals surface area contributed by atoms with Gasteiger partial charge in [0, 0.05) is 11.1 Å². The van der Waals surface area contributed by atoms with Crippen molar-refractivity contribution in [2.75, 3.05) is 5.73 Å². The van der Waals surface area contributed by atoms with Gasteiger partial charge in [-0.15, -0.1) is 11.3 Å². The maximum absolute atomic E-state index is 5.97. The summed E-state index contributed by atoms with van der Waals surface area (Å²) in [4.78, 5) is 9.64. The summed E-state index contributed by atoms with van der Waals surface area (Å²) < 4.78 is 2.04. The number of para-hydroxylation sites is 1. The zero-order chi connectivity index (χ0) is 11.8. The van der Waals surface area contributed by atoms with Crippen molar-refractivity contribution in [2.45, 2.75) is 13.5 Å². The van der Waals surface area contributed by atoms with E-state index in [2.05, 4.69) is 23.0 Å². The number of aromatic nitrogens is 3. The second-order valence-corrected chi connectivity index (χ2v) is 4.94. The molecule has 0 saturated carbocycles. The number of fused-ring (bicyclic) bond motifs is 1. The van der Waals surface area contributed by atoms with Crippen molar-refractivity contribution in [3.05, 3.63) is 40.3 Å². The minimum atomic E-state index is 0.558. The number of hydrogen-bond donors (Lipinski definition) is 1. The molecule has 0 aliphatic heterocycles. The minimum absolute atomic E-state index is 0.558. The monoisotopic (exact) mass is 244 g/mol. The van der Waals surface area contributed by atoms with Crippen LogP contribution in [0, 0.1) is 6.92 Å². The summed E-state index contributed by atoms with van der Waals surface area (Å²) >= 11 is 1.63. The van der Waals surface area contributed by atoms with Crippen molar-refractivity contribution >= 4 is 28.3 Å². The number of benzene rings is 1. The van der Waals surface area contributed by atoms with Gasteiger partial charge in [0.1, 0.15) is 0 Å². The van der Waals surface area contributed by atoms with Gasteiger partial charge in [0.25, 0.3) is 0 Å². The lowest BCUT2D eigenvalue weighted by atomic mass is 10.2. The topological polar surface area (TPSA) is 56.7 Å². The Labute approximate surface area is 103 Å². The molecule has 86 valence electrons. The van der Waals surface area contributed by atoms with E-state index in [1.54, 1.807) is 11.3 Å². The van der Waals surface area contributed by atoms with Gasteiger partial charge in [0.15, 0.2) is 0 Å². The number of nitrogen functional groups attached to an aromatic ring is 1. The Kier molecular flexibility index (Phi) is 2.33. The predicted octanol–water partition coefficient (Wildman–Crippen LogP) is 2.43. The molecule has 0 atom stereocenters. The fourth-order valence-electron chi connectivity index (χ4n) is 2.02. The predicted molar refractivity (Wildman–Crippen MR) is 70.1 cm³/mol. The lowest BCUT2D eigenvalue weighted by molar-refractivity contribution is 0.848. The van der Waals surface area contributed by atoms with Gasteiger partial charge in [-0.1, -0.05) is 12.1 Å². The number of thiazole rings is 1. The summed E-state index contributed by atoms with van der Waals surface area (Å²) in [6.45, 7) is 2.81. The van der Waals surface area contributed by atoms with Crippen LogP contribution in [0.2, 0.25) is 0 Å². The number of imidazole rings is 1. The van der Waals surface area contributed by atoms with E-state index >= 15 is 0 Å². The standard InChI is InChI=1S/C12H12N4S/c1-8-3-2-4-10-11(8)16(12(13)15-10)6-9-5-14-7-17-9/h2-5,7H,6H2,1H3,(H2,13,15). The van der Waals surface area contributed by atoms with Gasteiger partial charge < -0.3 is 10.3 Å². The average molecular weight is 244 g/mol. The third-order valence-electron chi connectivity index (χ3n) is 2.80. The molecule has 0 saturated heterocycles. The third kappa shape index (κ3) is 1.68. The first kappa shape index (κ1) is 10.3. The number of anilines is 1. The molecular formula is C12H12N4S. The summed E-state index contributed by atoms with van der Waals surface area (Å²) in [5.41, 5.74) is 11.1. The van der Waals surface area contributed by atoms with Crippen LogP contribution in [0.15, 0.2) is 29.9 Å². The highest BCUT2D eigenvalue weighted by Crippen LogP contribution is 2.23. The molecule has 0 spiro atoms. The Hall–Kier alpha value is -1.88. The Morgan fingerprint density at radius 2 is 2.29 bits per heavy atom. The van der Waals surface area contributed by atoms with Crippen LogP contribution in [-0.4, -0.2) is 14.5 Å². The summed E-state index contributed by atoms with van der Waals surface area (Å²) in [6.07, 6.45) is 1.87. The molecule has 17 heavy (non-hydrogen) atoms. The minimum Gasteiger partial charge on any atom is -0.369 e. The number of nitrogens with zero attached hydrogens (tertiary/aromatic N) is 3. The summed E-state index contributed by atoms with van der Waals surface area (Å²) in [6, 6.07) is 6.07. The molecule has 3 rings (SSSR count). The van der Waals surface area contributed by atoms with Crippen molar-refractivity contribution in [3.63, 3.8) is 0 Å². The molecule has 4 nitrogen and oxygen atoms in total. The molecule has 3 aromatic rings. The Bertz CT molecular complexity index is 655. The molecule has 2 heterocycles. The molecule has 0 fully saturated rings. The summed E-state index contributed by atoms with van der Waals surface area (Å²) in [5, 5.41) is 0. The molecular weight excluding hydrogens is 232 g/mol. The Morgan fingerprint density at radius 1 is 1.41 bits per heavy atom. The molecule has 5 heteroatoms. The highest BCUT2D eigenvalue weighted by atomic mass is 32.1. The Balaban J connectivity index is 2.18. The lowest BCUT2D eigenvalue weighted by Crippen LogP contribution is -2.04. The molecule has 0 unspecified atom stereocenters. The van der Waals surface area contributed by atoms with Crippen LogP contribution in [0.25, 0.3) is 11.0 Å². The molecule has 1 aromatic carbocycles. The van der Waals surface area contributed by atoms with E-state index in [1.165, 1.54) is 10.4 Å². The van der Waals surface area contributed by atoms with Crippen LogP contribution in [0.4, 0.5) is 5.95 Å². The van der Waals surface area contributed by atoms with E-state index in [-0.39, 0.29) is 0 Å². The summed E-state index contributed by atoms with van der Waals surface area (Å²) in [5.74, 6) is 0.558. The Morgan fingerprint density at radius 3 is 3.06 bits per heavy atom. The molecule has 0 bridgehead atoms. The van der Waals surface area contributed by atoms with Crippen LogP contribution >= 0.6 is 11.3 Å². The first-order valence-corrected chi connectivity index (χ1v) is 6.22. The van der Waals surface area contributed by atoms with Gasteiger partial charge in [0.2, 0.25) is 5.95 Å². The maximum atomic E-state index is 5.97. The highest BCUT2D eigenvalue weighted by Gasteiger charge is 2.10. The van der Waals surface area contributed by atoms with Crippen molar-refractivity contribution in [3.8, 4) is 0 Å². The van der Waals surface area contributed by atoms with Crippen molar-refractivity contribution in [2.24, 2.45) is 0 Å². The zero-order valence-electron chi connectivity index (χ0n) is 9.42. The smallest absolute Gasteiger partial charge is 0.201 e. The largest absolute Gasteiger partial charge is 0.369 e. The van der Waals surface area contributed by atoms with Crippen molar-refractivity contribution in [1.29, 1.82) is 0 Å². The third-order valence-corrected chi connectivity index (χ3v) is 3.56. The van der Waals surface area contributed by atoms with Crippen LogP contribution in [0.1, 0.15) is 10.4 Å². The van der Waals surface area contributed by atoms with E-state index in [9.17, 15) is 0 Å². The molecule has 0 amide bonds. The average Bonchev–Trinajstić information content (AvgIpc) is 2.89. The van der Waals surface area contributed by atoms with E-state index in [0.29, 0.717) is 5.95 Å². The molecule has 2 N–H and O–H groups in total. The van der Waals surface area contributed by atoms with E-state index in [0.717, 1.165) is 17.6 Å². The van der Waals surface area contributed by atoms with Crippen molar-refractivity contribution in [1.82, 2.24) is 14.5 Å². The molecule has 0 aliphatic carbocycles. The lowest BCUT2D eigenvalue weighted by Gasteiger charge is -2.05. The van der Waals surface area contributed by atoms with Crippen LogP contribution in [-0.2, 0) is 6.54 Å². The molecule has 0 aliphatic rings. The summed E-state index contributed by atoms with van der Waals surface area (Å²) in [7, 11) is 0. The maximum Gasteiger partial charge on any atom is 0.201 e. The fourth-order valence-corrected chi connectivity index (χ4v) is 2.60. The second-order valence-electron chi connectivity index (χ2n) is 3.97. The second kappa shape index (κ2) is 3.85. The molecule has 0 radical (unpaired) electrons. The van der Waals surface area contributed by atoms with Gasteiger partial charge in [0.05, 0.1) is 23.1 Å². The van der Waals surface area contributed by atoms with Crippen LogP contribution in [0.3, 0.4) is 0 Å². The van der Waals surface area contributed by atoms with Crippen LogP contribution < -0.4 is 5.73 Å². The number of hydrogen-bond acceptors (Lipinski definition) is 4. The van der Waals surface area contributed by atoms with E-state index in [1.807, 2.05) is 28.4 Å². The SMILES string of the molecule is Cc1cccc2nc(N)n(Cc3cncs3)c12. The molecule has 2 aromatic heterocycles. The quantitative estimate of drug-likeness (QED) is 0.753.